The zero-order chi connectivity index (χ0) is 12.5. The fourth-order valence-corrected chi connectivity index (χ4v) is 2.64. The molecule has 0 saturated heterocycles. The number of benzene rings is 1. The van der Waals surface area contributed by atoms with Crippen molar-refractivity contribution in [1.82, 2.24) is 9.97 Å². The van der Waals surface area contributed by atoms with Crippen molar-refractivity contribution >= 4 is 27.5 Å². The smallest absolute Gasteiger partial charge is 0.335 e. The Kier molecular flexibility index (Phi) is 2.53. The first-order chi connectivity index (χ1) is 8.74. The second kappa shape index (κ2) is 4.19. The van der Waals surface area contributed by atoms with Crippen LogP contribution >= 0.6 is 11.3 Å². The van der Waals surface area contributed by atoms with E-state index in [1.165, 1.54) is 11.3 Å². The lowest BCUT2D eigenvalue weighted by Gasteiger charge is -1.91. The molecule has 0 fully saturated rings. The molecule has 0 aliphatic rings. The minimum Gasteiger partial charge on any atom is -0.478 e. The summed E-state index contributed by atoms with van der Waals surface area (Å²) in [6, 6.07) is 10.6. The molecule has 0 spiro atoms. The number of carboxylic acid groups (broad SMARTS) is 1. The van der Waals surface area contributed by atoms with E-state index in [4.69, 9.17) is 5.11 Å². The van der Waals surface area contributed by atoms with Crippen molar-refractivity contribution in [2.45, 2.75) is 0 Å². The van der Waals surface area contributed by atoms with Crippen molar-refractivity contribution in [2.75, 3.05) is 0 Å². The van der Waals surface area contributed by atoms with Gasteiger partial charge in [-0.15, -0.1) is 11.3 Å². The Hall–Kier alpha value is -2.27. The van der Waals surface area contributed by atoms with E-state index >= 15 is 0 Å². The molecular weight excluding hydrogens is 248 g/mol. The molecule has 0 aliphatic carbocycles. The number of aromatic carboxylic acids is 1. The van der Waals surface area contributed by atoms with Gasteiger partial charge in [0, 0.05) is 6.20 Å². The Labute approximate surface area is 107 Å². The number of carboxylic acids is 1. The summed E-state index contributed by atoms with van der Waals surface area (Å²) < 4.78 is 0.857. The van der Waals surface area contributed by atoms with Crippen LogP contribution < -0.4 is 0 Å². The molecular formula is C13H8N2O2S. The van der Waals surface area contributed by atoms with Crippen molar-refractivity contribution in [3.8, 4) is 10.7 Å². The van der Waals surface area contributed by atoms with E-state index in [0.717, 1.165) is 20.9 Å². The fourth-order valence-electron chi connectivity index (χ4n) is 1.66. The molecule has 3 rings (SSSR count). The topological polar surface area (TPSA) is 63.1 Å². The molecule has 0 aliphatic heterocycles. The molecule has 4 nitrogen and oxygen atoms in total. The molecule has 2 heterocycles. The number of rotatable bonds is 2. The van der Waals surface area contributed by atoms with E-state index in [2.05, 4.69) is 9.97 Å². The van der Waals surface area contributed by atoms with E-state index in [-0.39, 0.29) is 5.56 Å². The lowest BCUT2D eigenvalue weighted by atomic mass is 10.2. The Morgan fingerprint density at radius 3 is 2.83 bits per heavy atom. The van der Waals surface area contributed by atoms with E-state index in [1.807, 2.05) is 18.2 Å². The lowest BCUT2D eigenvalue weighted by molar-refractivity contribution is 0.0697. The van der Waals surface area contributed by atoms with Crippen molar-refractivity contribution in [3.05, 3.63) is 48.2 Å². The van der Waals surface area contributed by atoms with Crippen molar-refractivity contribution in [3.63, 3.8) is 0 Å². The van der Waals surface area contributed by atoms with Gasteiger partial charge in [-0.25, -0.2) is 9.78 Å². The minimum absolute atomic E-state index is 0.277. The number of hydrogen-bond donors (Lipinski definition) is 1. The van der Waals surface area contributed by atoms with Gasteiger partial charge in [0.05, 0.1) is 21.5 Å². The van der Waals surface area contributed by atoms with Crippen molar-refractivity contribution in [1.29, 1.82) is 0 Å². The van der Waals surface area contributed by atoms with Gasteiger partial charge in [0.2, 0.25) is 0 Å². The van der Waals surface area contributed by atoms with Crippen LogP contribution in [0.3, 0.4) is 0 Å². The predicted octanol–water partition coefficient (Wildman–Crippen LogP) is 3.06. The van der Waals surface area contributed by atoms with Crippen LogP contribution in [0.25, 0.3) is 20.9 Å². The SMILES string of the molecule is O=C(O)c1ccc2nc(-c3ccccn3)sc2c1. The highest BCUT2D eigenvalue weighted by Gasteiger charge is 2.09. The molecule has 18 heavy (non-hydrogen) atoms. The largest absolute Gasteiger partial charge is 0.478 e. The van der Waals surface area contributed by atoms with E-state index in [9.17, 15) is 4.79 Å². The van der Waals surface area contributed by atoms with Gasteiger partial charge in [-0.1, -0.05) is 6.07 Å². The second-order valence-electron chi connectivity index (χ2n) is 3.72. The Balaban J connectivity index is 2.14. The van der Waals surface area contributed by atoms with Gasteiger partial charge in [-0.2, -0.15) is 0 Å². The van der Waals surface area contributed by atoms with Gasteiger partial charge < -0.3 is 5.11 Å². The van der Waals surface area contributed by atoms with Crippen LogP contribution in [-0.4, -0.2) is 21.0 Å². The summed E-state index contributed by atoms with van der Waals surface area (Å²) >= 11 is 1.44. The zero-order valence-corrected chi connectivity index (χ0v) is 10.0. The monoisotopic (exact) mass is 256 g/mol. The van der Waals surface area contributed by atoms with Crippen LogP contribution in [-0.2, 0) is 0 Å². The van der Waals surface area contributed by atoms with E-state index in [1.54, 1.807) is 24.4 Å². The summed E-state index contributed by atoms with van der Waals surface area (Å²) in [7, 11) is 0. The highest BCUT2D eigenvalue weighted by molar-refractivity contribution is 7.21. The quantitative estimate of drug-likeness (QED) is 0.765. The molecule has 0 atom stereocenters. The summed E-state index contributed by atoms with van der Waals surface area (Å²) in [5.41, 5.74) is 1.87. The number of nitrogens with zero attached hydrogens (tertiary/aromatic N) is 2. The molecule has 88 valence electrons. The molecule has 1 N–H and O–H groups in total. The predicted molar refractivity (Wildman–Crippen MR) is 69.8 cm³/mol. The second-order valence-corrected chi connectivity index (χ2v) is 4.75. The molecule has 3 aromatic rings. The fraction of sp³-hybridized carbons (Fsp3) is 0. The molecule has 0 bridgehead atoms. The van der Waals surface area contributed by atoms with Crippen molar-refractivity contribution in [2.24, 2.45) is 0 Å². The zero-order valence-electron chi connectivity index (χ0n) is 9.20. The standard InChI is InChI=1S/C13H8N2O2S/c16-13(17)8-4-5-9-11(7-8)18-12(15-9)10-3-1-2-6-14-10/h1-7H,(H,16,17). The molecule has 0 radical (unpaired) electrons. The van der Waals surface area contributed by atoms with Crippen LogP contribution in [0.1, 0.15) is 10.4 Å². The average molecular weight is 256 g/mol. The van der Waals surface area contributed by atoms with Crippen molar-refractivity contribution < 1.29 is 9.90 Å². The number of thiazole rings is 1. The van der Waals surface area contributed by atoms with Crippen LogP contribution in [0.2, 0.25) is 0 Å². The maximum absolute atomic E-state index is 10.9. The average Bonchev–Trinajstić information content (AvgIpc) is 2.82. The molecule has 2 aromatic heterocycles. The number of aromatic nitrogens is 2. The summed E-state index contributed by atoms with van der Waals surface area (Å²) in [6.07, 6.45) is 1.71. The number of hydrogen-bond acceptors (Lipinski definition) is 4. The lowest BCUT2D eigenvalue weighted by Crippen LogP contribution is -1.94. The van der Waals surface area contributed by atoms with Crippen LogP contribution in [0.15, 0.2) is 42.6 Å². The molecule has 1 aromatic carbocycles. The van der Waals surface area contributed by atoms with E-state index < -0.39 is 5.97 Å². The third kappa shape index (κ3) is 1.84. The molecule has 5 heteroatoms. The first kappa shape index (κ1) is 10.9. The van der Waals surface area contributed by atoms with Gasteiger partial charge in [0.25, 0.3) is 0 Å². The van der Waals surface area contributed by atoms with Crippen LogP contribution in [0.5, 0.6) is 0 Å². The Bertz CT molecular complexity index is 722. The maximum atomic E-state index is 10.9. The van der Waals surface area contributed by atoms with E-state index in [0.29, 0.717) is 0 Å². The summed E-state index contributed by atoms with van der Waals surface area (Å²) in [4.78, 5) is 19.6. The molecule has 0 saturated carbocycles. The summed E-state index contributed by atoms with van der Waals surface area (Å²) in [5, 5.41) is 9.74. The normalized spacial score (nSPS) is 10.7. The summed E-state index contributed by atoms with van der Waals surface area (Å²) in [6.45, 7) is 0. The maximum Gasteiger partial charge on any atom is 0.335 e. The van der Waals surface area contributed by atoms with Gasteiger partial charge in [-0.3, -0.25) is 4.98 Å². The third-order valence-electron chi connectivity index (χ3n) is 2.52. The third-order valence-corrected chi connectivity index (χ3v) is 3.56. The molecule has 0 amide bonds. The first-order valence-electron chi connectivity index (χ1n) is 5.29. The molecule has 0 unspecified atom stereocenters. The van der Waals surface area contributed by atoms with Gasteiger partial charge in [0.1, 0.15) is 5.01 Å². The van der Waals surface area contributed by atoms with Gasteiger partial charge in [0.15, 0.2) is 0 Å². The highest BCUT2D eigenvalue weighted by atomic mass is 32.1. The summed E-state index contributed by atoms with van der Waals surface area (Å²) in [5.74, 6) is -0.926. The number of pyridine rings is 1. The van der Waals surface area contributed by atoms with Crippen LogP contribution in [0, 0.1) is 0 Å². The number of fused-ring (bicyclic) bond motifs is 1. The number of carbonyl (C=O) groups is 1. The first-order valence-corrected chi connectivity index (χ1v) is 6.11. The minimum atomic E-state index is -0.926. The van der Waals surface area contributed by atoms with Crippen LogP contribution in [0.4, 0.5) is 0 Å². The highest BCUT2D eigenvalue weighted by Crippen LogP contribution is 2.29. The Morgan fingerprint density at radius 1 is 1.22 bits per heavy atom. The Morgan fingerprint density at radius 2 is 2.11 bits per heavy atom. The van der Waals surface area contributed by atoms with Gasteiger partial charge >= 0.3 is 5.97 Å². The van der Waals surface area contributed by atoms with Gasteiger partial charge in [-0.05, 0) is 30.3 Å².